The van der Waals surface area contributed by atoms with E-state index in [9.17, 15) is 0 Å². The van der Waals surface area contributed by atoms with Crippen molar-refractivity contribution in [2.45, 2.75) is 17.6 Å². The van der Waals surface area contributed by atoms with Crippen LogP contribution in [0.5, 0.6) is 0 Å². The first-order chi connectivity index (χ1) is 8.16. The first kappa shape index (κ1) is 12.3. The Hall–Kier alpha value is -1.19. The van der Waals surface area contributed by atoms with Crippen LogP contribution < -0.4 is 5.73 Å². The second-order valence-corrected chi connectivity index (χ2v) is 5.14. The molecule has 1 heterocycles. The SMILES string of the molecule is Cc1ccccc1SCc1nc(N)ccc1Cl. The van der Waals surface area contributed by atoms with Crippen molar-refractivity contribution in [1.82, 2.24) is 4.98 Å². The van der Waals surface area contributed by atoms with Gasteiger partial charge in [-0.25, -0.2) is 4.98 Å². The van der Waals surface area contributed by atoms with Gasteiger partial charge in [0.2, 0.25) is 0 Å². The Kier molecular flexibility index (Phi) is 3.92. The van der Waals surface area contributed by atoms with Crippen molar-refractivity contribution in [2.75, 3.05) is 5.73 Å². The number of nitrogen functional groups attached to an aromatic ring is 1. The first-order valence-corrected chi connectivity index (χ1v) is 6.62. The lowest BCUT2D eigenvalue weighted by atomic mass is 10.2. The third-order valence-corrected chi connectivity index (χ3v) is 3.93. The lowest BCUT2D eigenvalue weighted by Gasteiger charge is -2.06. The standard InChI is InChI=1S/C13H13ClN2S/c1-9-4-2-3-5-12(9)17-8-11-10(14)6-7-13(15)16-11/h2-7H,8H2,1H3,(H2,15,16). The number of benzene rings is 1. The smallest absolute Gasteiger partial charge is 0.123 e. The highest BCUT2D eigenvalue weighted by molar-refractivity contribution is 7.98. The van der Waals surface area contributed by atoms with Crippen molar-refractivity contribution < 1.29 is 0 Å². The second-order valence-electron chi connectivity index (χ2n) is 3.72. The maximum Gasteiger partial charge on any atom is 0.123 e. The Balaban J connectivity index is 2.12. The number of aromatic nitrogens is 1. The lowest BCUT2D eigenvalue weighted by molar-refractivity contribution is 1.18. The summed E-state index contributed by atoms with van der Waals surface area (Å²) in [5, 5.41) is 0.667. The normalized spacial score (nSPS) is 10.5. The van der Waals surface area contributed by atoms with E-state index in [1.807, 2.05) is 12.1 Å². The summed E-state index contributed by atoms with van der Waals surface area (Å²) in [4.78, 5) is 5.49. The number of nitrogens with zero attached hydrogens (tertiary/aromatic N) is 1. The number of hydrogen-bond acceptors (Lipinski definition) is 3. The van der Waals surface area contributed by atoms with Crippen molar-refractivity contribution in [2.24, 2.45) is 0 Å². The molecule has 0 radical (unpaired) electrons. The average molecular weight is 265 g/mol. The molecule has 17 heavy (non-hydrogen) atoms. The summed E-state index contributed by atoms with van der Waals surface area (Å²) in [5.41, 5.74) is 7.74. The molecule has 2 aromatic rings. The molecule has 0 bridgehead atoms. The van der Waals surface area contributed by atoms with Crippen molar-refractivity contribution in [3.05, 3.63) is 52.7 Å². The number of pyridine rings is 1. The number of aryl methyl sites for hydroxylation is 1. The van der Waals surface area contributed by atoms with Gasteiger partial charge >= 0.3 is 0 Å². The zero-order chi connectivity index (χ0) is 12.3. The predicted molar refractivity (Wildman–Crippen MR) is 74.4 cm³/mol. The van der Waals surface area contributed by atoms with Crippen LogP contribution in [0.25, 0.3) is 0 Å². The van der Waals surface area contributed by atoms with E-state index in [0.717, 1.165) is 11.4 Å². The maximum absolute atomic E-state index is 6.07. The van der Waals surface area contributed by atoms with E-state index in [4.69, 9.17) is 17.3 Å². The minimum atomic E-state index is 0.509. The Labute approximate surface area is 110 Å². The molecular weight excluding hydrogens is 252 g/mol. The van der Waals surface area contributed by atoms with Crippen LogP contribution in [0.4, 0.5) is 5.82 Å². The van der Waals surface area contributed by atoms with E-state index in [1.54, 1.807) is 23.9 Å². The number of nitrogens with two attached hydrogens (primary N) is 1. The van der Waals surface area contributed by atoms with Gasteiger partial charge in [0.25, 0.3) is 0 Å². The van der Waals surface area contributed by atoms with Crippen LogP contribution in [0.1, 0.15) is 11.3 Å². The molecule has 0 aliphatic carbocycles. The van der Waals surface area contributed by atoms with Gasteiger partial charge in [0, 0.05) is 10.6 Å². The topological polar surface area (TPSA) is 38.9 Å². The van der Waals surface area contributed by atoms with E-state index in [0.29, 0.717) is 10.8 Å². The van der Waals surface area contributed by atoms with Gasteiger partial charge in [0.1, 0.15) is 5.82 Å². The zero-order valence-electron chi connectivity index (χ0n) is 9.48. The predicted octanol–water partition coefficient (Wildman–Crippen LogP) is 3.92. The van der Waals surface area contributed by atoms with Crippen molar-refractivity contribution >= 4 is 29.2 Å². The van der Waals surface area contributed by atoms with Crippen LogP contribution in [0, 0.1) is 6.92 Å². The molecule has 0 atom stereocenters. The Morgan fingerprint density at radius 3 is 2.76 bits per heavy atom. The van der Waals surface area contributed by atoms with Gasteiger partial charge in [-0.2, -0.15) is 0 Å². The Morgan fingerprint density at radius 1 is 1.24 bits per heavy atom. The second kappa shape index (κ2) is 5.43. The minimum Gasteiger partial charge on any atom is -0.384 e. The highest BCUT2D eigenvalue weighted by atomic mass is 35.5. The van der Waals surface area contributed by atoms with Gasteiger partial charge in [-0.15, -0.1) is 11.8 Å². The molecule has 0 fully saturated rings. The molecule has 0 spiro atoms. The van der Waals surface area contributed by atoms with E-state index in [1.165, 1.54) is 10.5 Å². The van der Waals surface area contributed by atoms with Crippen LogP contribution >= 0.6 is 23.4 Å². The van der Waals surface area contributed by atoms with E-state index >= 15 is 0 Å². The van der Waals surface area contributed by atoms with Gasteiger partial charge < -0.3 is 5.73 Å². The van der Waals surface area contributed by atoms with Crippen molar-refractivity contribution in [1.29, 1.82) is 0 Å². The molecule has 0 saturated carbocycles. The summed E-state index contributed by atoms with van der Waals surface area (Å²) < 4.78 is 0. The summed E-state index contributed by atoms with van der Waals surface area (Å²) in [7, 11) is 0. The summed E-state index contributed by atoms with van der Waals surface area (Å²) >= 11 is 7.79. The largest absolute Gasteiger partial charge is 0.384 e. The molecule has 2 N–H and O–H groups in total. The monoisotopic (exact) mass is 264 g/mol. The average Bonchev–Trinajstić information content (AvgIpc) is 2.32. The molecule has 4 heteroatoms. The number of rotatable bonds is 3. The van der Waals surface area contributed by atoms with Crippen LogP contribution in [-0.2, 0) is 5.75 Å². The fourth-order valence-electron chi connectivity index (χ4n) is 1.47. The van der Waals surface area contributed by atoms with Gasteiger partial charge in [-0.1, -0.05) is 29.8 Å². The van der Waals surface area contributed by atoms with Crippen LogP contribution in [-0.4, -0.2) is 4.98 Å². The number of halogens is 1. The molecule has 2 rings (SSSR count). The number of thioether (sulfide) groups is 1. The molecule has 0 aliphatic rings. The molecule has 0 unspecified atom stereocenters. The Bertz CT molecular complexity index is 529. The minimum absolute atomic E-state index is 0.509. The molecule has 1 aromatic carbocycles. The molecular formula is C13H13ClN2S. The molecule has 0 amide bonds. The van der Waals surface area contributed by atoms with Crippen molar-refractivity contribution in [3.8, 4) is 0 Å². The highest BCUT2D eigenvalue weighted by Gasteiger charge is 2.05. The quantitative estimate of drug-likeness (QED) is 0.854. The van der Waals surface area contributed by atoms with Gasteiger partial charge in [-0.05, 0) is 30.7 Å². The third-order valence-electron chi connectivity index (χ3n) is 2.40. The summed E-state index contributed by atoms with van der Waals surface area (Å²) in [6.45, 7) is 2.09. The van der Waals surface area contributed by atoms with E-state index in [-0.39, 0.29) is 0 Å². The molecule has 2 nitrogen and oxygen atoms in total. The van der Waals surface area contributed by atoms with Crippen molar-refractivity contribution in [3.63, 3.8) is 0 Å². The Morgan fingerprint density at radius 2 is 2.00 bits per heavy atom. The summed E-state index contributed by atoms with van der Waals surface area (Å²) in [6, 6.07) is 11.8. The first-order valence-electron chi connectivity index (χ1n) is 5.26. The van der Waals surface area contributed by atoms with Gasteiger partial charge in [0.15, 0.2) is 0 Å². The van der Waals surface area contributed by atoms with Gasteiger partial charge in [0.05, 0.1) is 10.7 Å². The maximum atomic E-state index is 6.07. The molecule has 0 saturated heterocycles. The number of hydrogen-bond donors (Lipinski definition) is 1. The fourth-order valence-corrected chi connectivity index (χ4v) is 2.70. The molecule has 1 aromatic heterocycles. The molecule has 0 aliphatic heterocycles. The number of anilines is 1. The van der Waals surface area contributed by atoms with E-state index in [2.05, 4.69) is 24.0 Å². The van der Waals surface area contributed by atoms with Crippen LogP contribution in [0.15, 0.2) is 41.3 Å². The van der Waals surface area contributed by atoms with Gasteiger partial charge in [-0.3, -0.25) is 0 Å². The van der Waals surface area contributed by atoms with Crippen LogP contribution in [0.2, 0.25) is 5.02 Å². The third kappa shape index (κ3) is 3.14. The van der Waals surface area contributed by atoms with Crippen LogP contribution in [0.3, 0.4) is 0 Å². The lowest BCUT2D eigenvalue weighted by Crippen LogP contribution is -1.95. The zero-order valence-corrected chi connectivity index (χ0v) is 11.1. The highest BCUT2D eigenvalue weighted by Crippen LogP contribution is 2.28. The fraction of sp³-hybridized carbons (Fsp3) is 0.154. The summed E-state index contributed by atoms with van der Waals surface area (Å²) in [5.74, 6) is 1.24. The summed E-state index contributed by atoms with van der Waals surface area (Å²) in [6.07, 6.45) is 0. The van der Waals surface area contributed by atoms with E-state index < -0.39 is 0 Å². The molecule has 88 valence electrons.